The number of aromatic hydroxyl groups is 1. The minimum absolute atomic E-state index is 0. The summed E-state index contributed by atoms with van der Waals surface area (Å²) in [5.74, 6) is -0.00723. The van der Waals surface area contributed by atoms with E-state index in [0.29, 0.717) is 14.7 Å². The Morgan fingerprint density at radius 2 is 1.65 bits per heavy atom. The van der Waals surface area contributed by atoms with Gasteiger partial charge in [-0.15, -0.1) is 38.0 Å². The fraction of sp³-hybridized carbons (Fsp3) is 0.368. The largest absolute Gasteiger partial charge is 0.573 e. The lowest BCUT2D eigenvalue weighted by Gasteiger charge is -2.36. The van der Waals surface area contributed by atoms with Gasteiger partial charge in [-0.1, -0.05) is 12.1 Å². The number of phenolic OH excluding ortho intramolecular Hbond substituents is 1. The highest BCUT2D eigenvalue weighted by Gasteiger charge is 2.32. The minimum atomic E-state index is -4.74. The molecule has 0 unspecified atom stereocenters. The standard InChI is InChI=1S/C19H19Br2F3N2O3.2ClH/c1-28-14-10-13(15(20)16(21)18(14)27)17(26-8-6-25-7-9-26)11-2-4-12(5-3-11)29-19(22,23)24;;/h2-5,10,17,25,27H,6-9H2,1H3;2*1H/t17-;;/m0../s1. The zero-order chi connectivity index (χ0) is 21.2. The third-order valence-electron chi connectivity index (χ3n) is 4.63. The van der Waals surface area contributed by atoms with Crippen LogP contribution < -0.4 is 14.8 Å². The second kappa shape index (κ2) is 11.8. The second-order valence-corrected chi connectivity index (χ2v) is 8.04. The Morgan fingerprint density at radius 1 is 1.06 bits per heavy atom. The van der Waals surface area contributed by atoms with Gasteiger partial charge in [-0.05, 0) is 61.2 Å². The maximum atomic E-state index is 12.5. The molecule has 1 fully saturated rings. The van der Waals surface area contributed by atoms with Crippen molar-refractivity contribution in [2.45, 2.75) is 12.4 Å². The molecule has 0 aliphatic carbocycles. The molecule has 0 aromatic heterocycles. The summed E-state index contributed by atoms with van der Waals surface area (Å²) in [6.45, 7) is 3.08. The summed E-state index contributed by atoms with van der Waals surface area (Å²) in [6, 6.07) is 7.31. The van der Waals surface area contributed by atoms with Crippen molar-refractivity contribution in [2.75, 3.05) is 33.3 Å². The molecule has 0 bridgehead atoms. The van der Waals surface area contributed by atoms with Crippen LogP contribution in [0.5, 0.6) is 17.2 Å². The fourth-order valence-corrected chi connectivity index (χ4v) is 4.29. The van der Waals surface area contributed by atoms with E-state index < -0.39 is 6.36 Å². The summed E-state index contributed by atoms with van der Waals surface area (Å²) in [6.07, 6.45) is -4.74. The number of hydrogen-bond acceptors (Lipinski definition) is 5. The molecule has 1 saturated heterocycles. The molecule has 0 saturated carbocycles. The monoisotopic (exact) mass is 610 g/mol. The Hall–Kier alpha value is -0.910. The van der Waals surface area contributed by atoms with E-state index in [-0.39, 0.29) is 42.4 Å². The number of phenols is 1. The number of nitrogens with one attached hydrogen (secondary N) is 1. The van der Waals surface area contributed by atoms with Gasteiger partial charge in [-0.25, -0.2) is 0 Å². The molecule has 1 atom stereocenters. The van der Waals surface area contributed by atoms with Crippen LogP contribution in [0.25, 0.3) is 0 Å². The summed E-state index contributed by atoms with van der Waals surface area (Å²) in [4.78, 5) is 2.22. The lowest BCUT2D eigenvalue weighted by Crippen LogP contribution is -2.45. The van der Waals surface area contributed by atoms with Crippen LogP contribution in [0.1, 0.15) is 17.2 Å². The Kier molecular flexibility index (Phi) is 10.7. The minimum Gasteiger partial charge on any atom is -0.503 e. The first kappa shape index (κ1) is 28.1. The Balaban J connectivity index is 0.00000240. The van der Waals surface area contributed by atoms with Gasteiger partial charge in [0.15, 0.2) is 11.5 Å². The molecule has 1 heterocycles. The van der Waals surface area contributed by atoms with Crippen molar-refractivity contribution in [3.8, 4) is 17.2 Å². The van der Waals surface area contributed by atoms with E-state index in [2.05, 4.69) is 46.8 Å². The molecule has 174 valence electrons. The highest BCUT2D eigenvalue weighted by Crippen LogP contribution is 2.46. The van der Waals surface area contributed by atoms with E-state index in [1.807, 2.05) is 0 Å². The summed E-state index contributed by atoms with van der Waals surface area (Å²) in [5.41, 5.74) is 1.61. The predicted octanol–water partition coefficient (Wildman–Crippen LogP) is 5.66. The average molecular weight is 613 g/mol. The number of rotatable bonds is 5. The zero-order valence-electron chi connectivity index (χ0n) is 16.2. The Bertz CT molecular complexity index is 868. The molecule has 1 aliphatic heterocycles. The van der Waals surface area contributed by atoms with Gasteiger partial charge in [0.2, 0.25) is 0 Å². The van der Waals surface area contributed by atoms with Crippen LogP contribution in [0.4, 0.5) is 13.2 Å². The molecule has 0 amide bonds. The topological polar surface area (TPSA) is 54.0 Å². The normalized spacial score (nSPS) is 15.4. The number of halogens is 7. The van der Waals surface area contributed by atoms with E-state index in [4.69, 9.17) is 4.74 Å². The van der Waals surface area contributed by atoms with Gasteiger partial charge in [0.1, 0.15) is 5.75 Å². The first-order valence-electron chi connectivity index (χ1n) is 8.76. The molecule has 2 aromatic rings. The van der Waals surface area contributed by atoms with E-state index >= 15 is 0 Å². The average Bonchev–Trinajstić information content (AvgIpc) is 2.69. The molecular formula is C19H21Br2Cl2F3N2O3. The highest BCUT2D eigenvalue weighted by atomic mass is 79.9. The summed E-state index contributed by atoms with van der Waals surface area (Å²) in [7, 11) is 1.46. The van der Waals surface area contributed by atoms with Crippen LogP contribution in [0.2, 0.25) is 0 Å². The fourth-order valence-electron chi connectivity index (χ4n) is 3.35. The second-order valence-electron chi connectivity index (χ2n) is 6.45. The molecule has 2 aromatic carbocycles. The molecule has 31 heavy (non-hydrogen) atoms. The number of alkyl halides is 3. The first-order valence-corrected chi connectivity index (χ1v) is 10.3. The maximum absolute atomic E-state index is 12.5. The third-order valence-corrected chi connectivity index (χ3v) is 6.79. The lowest BCUT2D eigenvalue weighted by molar-refractivity contribution is -0.274. The molecule has 0 spiro atoms. The number of benzene rings is 2. The van der Waals surface area contributed by atoms with Crippen molar-refractivity contribution in [1.82, 2.24) is 10.2 Å². The third kappa shape index (κ3) is 6.79. The van der Waals surface area contributed by atoms with Crippen molar-refractivity contribution in [3.05, 3.63) is 50.4 Å². The van der Waals surface area contributed by atoms with Crippen LogP contribution >= 0.6 is 56.7 Å². The van der Waals surface area contributed by atoms with Gasteiger partial charge >= 0.3 is 6.36 Å². The van der Waals surface area contributed by atoms with Crippen LogP contribution in [0.3, 0.4) is 0 Å². The van der Waals surface area contributed by atoms with Crippen molar-refractivity contribution in [3.63, 3.8) is 0 Å². The van der Waals surface area contributed by atoms with Gasteiger partial charge in [-0.3, -0.25) is 4.90 Å². The molecule has 5 nitrogen and oxygen atoms in total. The summed E-state index contributed by atoms with van der Waals surface area (Å²) >= 11 is 6.91. The smallest absolute Gasteiger partial charge is 0.503 e. The van der Waals surface area contributed by atoms with Crippen LogP contribution in [-0.4, -0.2) is 49.7 Å². The van der Waals surface area contributed by atoms with Gasteiger partial charge < -0.3 is 19.9 Å². The van der Waals surface area contributed by atoms with Crippen LogP contribution in [0.15, 0.2) is 39.3 Å². The molecule has 2 N–H and O–H groups in total. The molecule has 3 rings (SSSR count). The van der Waals surface area contributed by atoms with Crippen LogP contribution in [0, 0.1) is 0 Å². The number of nitrogens with zero attached hydrogens (tertiary/aromatic N) is 1. The Morgan fingerprint density at radius 3 is 2.16 bits per heavy atom. The molecule has 0 radical (unpaired) electrons. The summed E-state index contributed by atoms with van der Waals surface area (Å²) < 4.78 is 47.8. The van der Waals surface area contributed by atoms with E-state index in [0.717, 1.165) is 37.3 Å². The van der Waals surface area contributed by atoms with Gasteiger partial charge in [0.05, 0.1) is 17.6 Å². The van der Waals surface area contributed by atoms with Crippen molar-refractivity contribution in [1.29, 1.82) is 0 Å². The number of hydrogen-bond donors (Lipinski definition) is 2. The van der Waals surface area contributed by atoms with Gasteiger partial charge in [0.25, 0.3) is 0 Å². The molecular weight excluding hydrogens is 592 g/mol. The Labute approximate surface area is 207 Å². The van der Waals surface area contributed by atoms with E-state index in [9.17, 15) is 18.3 Å². The lowest BCUT2D eigenvalue weighted by atomic mass is 9.96. The number of methoxy groups -OCH3 is 1. The predicted molar refractivity (Wildman–Crippen MR) is 124 cm³/mol. The maximum Gasteiger partial charge on any atom is 0.573 e. The van der Waals surface area contributed by atoms with Gasteiger partial charge in [0, 0.05) is 30.7 Å². The SMILES string of the molecule is COc1cc([C@H](c2ccc(OC(F)(F)F)cc2)N2CCNCC2)c(Br)c(Br)c1O.Cl.Cl. The molecule has 1 aliphatic rings. The molecule has 12 heteroatoms. The van der Waals surface area contributed by atoms with E-state index in [1.54, 1.807) is 18.2 Å². The van der Waals surface area contributed by atoms with Gasteiger partial charge in [-0.2, -0.15) is 0 Å². The van der Waals surface area contributed by atoms with Crippen molar-refractivity contribution >= 4 is 56.7 Å². The van der Waals surface area contributed by atoms with Crippen LogP contribution in [-0.2, 0) is 0 Å². The first-order chi connectivity index (χ1) is 13.7. The summed E-state index contributed by atoms with van der Waals surface area (Å²) in [5, 5.41) is 13.6. The zero-order valence-corrected chi connectivity index (χ0v) is 21.0. The number of ether oxygens (including phenoxy) is 2. The van der Waals surface area contributed by atoms with E-state index in [1.165, 1.54) is 19.2 Å². The van der Waals surface area contributed by atoms with Crippen molar-refractivity contribution in [2.24, 2.45) is 0 Å². The quantitative estimate of drug-likeness (QED) is 0.456. The highest BCUT2D eigenvalue weighted by molar-refractivity contribution is 9.13. The number of piperazine rings is 1. The van der Waals surface area contributed by atoms with Crippen molar-refractivity contribution < 1.29 is 27.8 Å².